The summed E-state index contributed by atoms with van der Waals surface area (Å²) in [6.45, 7) is 6.15. The molecule has 0 bridgehead atoms. The summed E-state index contributed by atoms with van der Waals surface area (Å²) in [6, 6.07) is 11.9. The number of likely N-dealkylation sites (tertiary alicyclic amines) is 2. The molecule has 1 aromatic carbocycles. The molecule has 1 aromatic heterocycles. The minimum absolute atomic E-state index is 0.114. The number of nitrogens with zero attached hydrogens (tertiary/aromatic N) is 3. The van der Waals surface area contributed by atoms with Gasteiger partial charge in [0, 0.05) is 37.7 Å². The van der Waals surface area contributed by atoms with Gasteiger partial charge in [0.2, 0.25) is 0 Å². The van der Waals surface area contributed by atoms with Gasteiger partial charge >= 0.3 is 0 Å². The van der Waals surface area contributed by atoms with Gasteiger partial charge in [-0.05, 0) is 69.1 Å². The number of aryl methyl sites for hydroxylation is 1. The molecule has 2 aliphatic heterocycles. The lowest BCUT2D eigenvalue weighted by Gasteiger charge is -2.58. The van der Waals surface area contributed by atoms with Crippen LogP contribution in [0, 0.1) is 12.8 Å². The molecule has 0 unspecified atom stereocenters. The van der Waals surface area contributed by atoms with Crippen LogP contribution >= 0.6 is 0 Å². The van der Waals surface area contributed by atoms with Crippen LogP contribution in [0.1, 0.15) is 34.3 Å². The fourth-order valence-corrected chi connectivity index (χ4v) is 4.51. The van der Waals surface area contributed by atoms with Crippen molar-refractivity contribution in [2.75, 3.05) is 33.3 Å². The molecule has 28 heavy (non-hydrogen) atoms. The van der Waals surface area contributed by atoms with Crippen LogP contribution in [0.25, 0.3) is 0 Å². The van der Waals surface area contributed by atoms with Crippen LogP contribution in [0.5, 0.6) is 0 Å². The fraction of sp³-hybridized carbons (Fsp3) is 0.478. The number of likely N-dealkylation sites (N-methyl/N-ethyl adjacent to an activating group) is 1. The molecular formula is C23H29N3O2. The first-order valence-electron chi connectivity index (χ1n) is 10.1. The third kappa shape index (κ3) is 3.96. The van der Waals surface area contributed by atoms with Gasteiger partial charge in [0.25, 0.3) is 5.91 Å². The third-order valence-electron chi connectivity index (χ3n) is 6.25. The highest BCUT2D eigenvalue weighted by atomic mass is 16.5. The highest BCUT2D eigenvalue weighted by Gasteiger charge is 2.50. The number of rotatable bonds is 5. The van der Waals surface area contributed by atoms with Crippen molar-refractivity contribution < 1.29 is 9.53 Å². The van der Waals surface area contributed by atoms with E-state index in [9.17, 15) is 4.79 Å². The topological polar surface area (TPSA) is 45.7 Å². The van der Waals surface area contributed by atoms with Gasteiger partial charge < -0.3 is 9.64 Å². The first-order valence-corrected chi connectivity index (χ1v) is 10.1. The van der Waals surface area contributed by atoms with E-state index in [0.717, 1.165) is 55.8 Å². The van der Waals surface area contributed by atoms with Crippen LogP contribution in [0.15, 0.2) is 48.8 Å². The fourth-order valence-electron chi connectivity index (χ4n) is 4.51. The SMILES string of the molecule is Cc1cccc(C(=O)N2CC3(C[C@@H](COCc4ccncc4)CCN3C)C2)c1. The van der Waals surface area contributed by atoms with Crippen LogP contribution in [-0.2, 0) is 11.3 Å². The van der Waals surface area contributed by atoms with E-state index in [-0.39, 0.29) is 11.4 Å². The van der Waals surface area contributed by atoms with Gasteiger partial charge in [0.05, 0.1) is 12.1 Å². The predicted molar refractivity (Wildman–Crippen MR) is 109 cm³/mol. The number of carbonyl (C=O) groups excluding carboxylic acids is 1. The molecule has 3 heterocycles. The van der Waals surface area contributed by atoms with Crippen molar-refractivity contribution in [2.24, 2.45) is 5.92 Å². The number of amides is 1. The van der Waals surface area contributed by atoms with E-state index in [2.05, 4.69) is 16.9 Å². The third-order valence-corrected chi connectivity index (χ3v) is 6.25. The summed E-state index contributed by atoms with van der Waals surface area (Å²) in [4.78, 5) is 21.3. The Balaban J connectivity index is 1.31. The molecule has 5 nitrogen and oxygen atoms in total. The molecule has 2 fully saturated rings. The maximum Gasteiger partial charge on any atom is 0.253 e. The molecule has 0 aliphatic carbocycles. The van der Waals surface area contributed by atoms with Crippen molar-refractivity contribution in [3.8, 4) is 0 Å². The van der Waals surface area contributed by atoms with Crippen LogP contribution in [-0.4, -0.2) is 59.5 Å². The summed E-state index contributed by atoms with van der Waals surface area (Å²) in [5.41, 5.74) is 3.20. The number of carbonyl (C=O) groups is 1. The second-order valence-corrected chi connectivity index (χ2v) is 8.41. The summed E-state index contributed by atoms with van der Waals surface area (Å²) in [5, 5.41) is 0. The Morgan fingerprint density at radius 2 is 2.04 bits per heavy atom. The largest absolute Gasteiger partial charge is 0.376 e. The van der Waals surface area contributed by atoms with Crippen molar-refractivity contribution >= 4 is 5.91 Å². The normalized spacial score (nSPS) is 21.5. The van der Waals surface area contributed by atoms with Crippen LogP contribution in [0.4, 0.5) is 0 Å². The quantitative estimate of drug-likeness (QED) is 0.801. The Bertz CT molecular complexity index is 818. The molecule has 2 saturated heterocycles. The monoisotopic (exact) mass is 379 g/mol. The summed E-state index contributed by atoms with van der Waals surface area (Å²) in [5.74, 6) is 0.702. The molecule has 1 amide bonds. The van der Waals surface area contributed by atoms with Gasteiger partial charge in [-0.2, -0.15) is 0 Å². The number of pyridine rings is 1. The van der Waals surface area contributed by atoms with E-state index < -0.39 is 0 Å². The molecule has 1 atom stereocenters. The first kappa shape index (κ1) is 19.1. The highest BCUT2D eigenvalue weighted by Crippen LogP contribution is 2.39. The van der Waals surface area contributed by atoms with Gasteiger partial charge in [-0.25, -0.2) is 0 Å². The Morgan fingerprint density at radius 1 is 1.25 bits per heavy atom. The molecule has 2 aliphatic rings. The zero-order valence-corrected chi connectivity index (χ0v) is 16.8. The number of aromatic nitrogens is 1. The molecule has 0 radical (unpaired) electrons. The Morgan fingerprint density at radius 3 is 2.79 bits per heavy atom. The van der Waals surface area contributed by atoms with Crippen LogP contribution in [0.3, 0.4) is 0 Å². The van der Waals surface area contributed by atoms with E-state index in [0.29, 0.717) is 12.5 Å². The standard InChI is InChI=1S/C23H29N3O2/c1-18-4-3-5-21(12-18)22(27)26-16-23(17-26)13-20(8-11-25(23)2)15-28-14-19-6-9-24-10-7-19/h3-7,9-10,12,20H,8,11,13-17H2,1-2H3/t20-/m0/s1. The van der Waals surface area contributed by atoms with E-state index in [1.54, 1.807) is 12.4 Å². The van der Waals surface area contributed by atoms with E-state index in [1.165, 1.54) is 0 Å². The molecule has 148 valence electrons. The summed E-state index contributed by atoms with van der Waals surface area (Å²) < 4.78 is 5.99. The van der Waals surface area contributed by atoms with E-state index in [1.807, 2.05) is 48.2 Å². The summed E-state index contributed by atoms with van der Waals surface area (Å²) in [6.07, 6.45) is 5.85. The minimum Gasteiger partial charge on any atom is -0.376 e. The molecule has 4 rings (SSSR count). The summed E-state index contributed by atoms with van der Waals surface area (Å²) in [7, 11) is 2.20. The molecular weight excluding hydrogens is 350 g/mol. The lowest BCUT2D eigenvalue weighted by molar-refractivity contribution is -0.0768. The van der Waals surface area contributed by atoms with Gasteiger partial charge in [0.15, 0.2) is 0 Å². The number of hydrogen-bond acceptors (Lipinski definition) is 4. The number of hydrogen-bond donors (Lipinski definition) is 0. The van der Waals surface area contributed by atoms with Crippen molar-refractivity contribution in [2.45, 2.75) is 31.9 Å². The number of benzene rings is 1. The lowest BCUT2D eigenvalue weighted by Crippen LogP contribution is -2.72. The van der Waals surface area contributed by atoms with Crippen molar-refractivity contribution in [3.63, 3.8) is 0 Å². The highest BCUT2D eigenvalue weighted by molar-refractivity contribution is 5.95. The average molecular weight is 380 g/mol. The molecule has 0 N–H and O–H groups in total. The maximum atomic E-state index is 12.8. The number of ether oxygens (including phenoxy) is 1. The zero-order valence-electron chi connectivity index (χ0n) is 16.8. The van der Waals surface area contributed by atoms with E-state index >= 15 is 0 Å². The molecule has 5 heteroatoms. The minimum atomic E-state index is 0.114. The smallest absolute Gasteiger partial charge is 0.253 e. The Hall–Kier alpha value is -2.24. The second-order valence-electron chi connectivity index (χ2n) is 8.41. The lowest BCUT2D eigenvalue weighted by atomic mass is 9.75. The maximum absolute atomic E-state index is 12.8. The number of piperidine rings is 1. The molecule has 0 saturated carbocycles. The molecule has 1 spiro atoms. The Kier molecular flexibility index (Phi) is 5.47. The van der Waals surface area contributed by atoms with Crippen LogP contribution in [0.2, 0.25) is 0 Å². The van der Waals surface area contributed by atoms with Crippen LogP contribution < -0.4 is 0 Å². The molecule has 2 aromatic rings. The van der Waals surface area contributed by atoms with E-state index in [4.69, 9.17) is 4.74 Å². The van der Waals surface area contributed by atoms with Gasteiger partial charge in [-0.1, -0.05) is 17.7 Å². The van der Waals surface area contributed by atoms with Crippen molar-refractivity contribution in [1.29, 1.82) is 0 Å². The second kappa shape index (κ2) is 8.02. The van der Waals surface area contributed by atoms with Crippen molar-refractivity contribution in [1.82, 2.24) is 14.8 Å². The first-order chi connectivity index (χ1) is 13.6. The zero-order chi connectivity index (χ0) is 19.6. The van der Waals surface area contributed by atoms with Crippen molar-refractivity contribution in [3.05, 3.63) is 65.5 Å². The van der Waals surface area contributed by atoms with Gasteiger partial charge in [0.1, 0.15) is 0 Å². The van der Waals surface area contributed by atoms with Gasteiger partial charge in [-0.15, -0.1) is 0 Å². The average Bonchev–Trinajstić information content (AvgIpc) is 2.68. The Labute approximate surface area is 167 Å². The predicted octanol–water partition coefficient (Wildman–Crippen LogP) is 3.14. The van der Waals surface area contributed by atoms with Gasteiger partial charge in [-0.3, -0.25) is 14.7 Å². The summed E-state index contributed by atoms with van der Waals surface area (Å²) >= 11 is 0.